The Morgan fingerprint density at radius 3 is 2.78 bits per heavy atom. The topological polar surface area (TPSA) is 37.8 Å². The molecule has 0 aliphatic rings. The molecular formula is C9H6ClF4N3S. The highest BCUT2D eigenvalue weighted by Gasteiger charge is 2.40. The molecule has 0 atom stereocenters. The quantitative estimate of drug-likeness (QED) is 0.691. The minimum atomic E-state index is -4.12. The van der Waals surface area contributed by atoms with Crippen LogP contribution >= 0.6 is 22.9 Å². The molecule has 0 bridgehead atoms. The monoisotopic (exact) mass is 299 g/mol. The molecule has 0 unspecified atom stereocenters. The fraction of sp³-hybridized carbons (Fsp3) is 0.333. The number of hydrogen-bond donors (Lipinski definition) is 1. The first-order chi connectivity index (χ1) is 8.40. The van der Waals surface area contributed by atoms with Crippen molar-refractivity contribution in [1.82, 2.24) is 9.97 Å². The molecule has 2 aromatic heterocycles. The Morgan fingerprint density at radius 2 is 2.11 bits per heavy atom. The number of aromatic nitrogens is 2. The number of alkyl halides is 4. The highest BCUT2D eigenvalue weighted by Crippen LogP contribution is 2.29. The number of rotatable bonds is 4. The van der Waals surface area contributed by atoms with Crippen molar-refractivity contribution in [2.75, 3.05) is 11.9 Å². The molecule has 2 heterocycles. The predicted octanol–water partition coefficient (Wildman–Crippen LogP) is 3.66. The average molecular weight is 300 g/mol. The second-order valence-electron chi connectivity index (χ2n) is 3.39. The Hall–Kier alpha value is -1.15. The van der Waals surface area contributed by atoms with Crippen LogP contribution in [0.25, 0.3) is 10.2 Å². The first-order valence-corrected chi connectivity index (χ1v) is 5.96. The van der Waals surface area contributed by atoms with E-state index in [1.807, 2.05) is 0 Å². The number of fused-ring (bicyclic) bond motifs is 1. The highest BCUT2D eigenvalue weighted by atomic mass is 35.5. The lowest BCUT2D eigenvalue weighted by molar-refractivity contribution is -0.117. The van der Waals surface area contributed by atoms with Gasteiger partial charge in [-0.25, -0.2) is 13.8 Å². The van der Waals surface area contributed by atoms with Gasteiger partial charge in [-0.2, -0.15) is 13.8 Å². The zero-order chi connectivity index (χ0) is 13.3. The van der Waals surface area contributed by atoms with Crippen molar-refractivity contribution in [3.63, 3.8) is 0 Å². The van der Waals surface area contributed by atoms with E-state index in [2.05, 4.69) is 15.3 Å². The van der Waals surface area contributed by atoms with Crippen molar-refractivity contribution in [2.45, 2.75) is 12.3 Å². The van der Waals surface area contributed by atoms with E-state index in [1.165, 1.54) is 11.3 Å². The van der Waals surface area contributed by atoms with Crippen molar-refractivity contribution in [3.05, 3.63) is 16.7 Å². The van der Waals surface area contributed by atoms with Crippen LogP contribution in [-0.2, 0) is 0 Å². The molecule has 0 fully saturated rings. The lowest BCUT2D eigenvalue weighted by Crippen LogP contribution is -2.35. The van der Waals surface area contributed by atoms with E-state index in [4.69, 9.17) is 11.6 Å². The second kappa shape index (κ2) is 4.85. The van der Waals surface area contributed by atoms with Gasteiger partial charge in [-0.15, -0.1) is 11.3 Å². The number of nitrogens with one attached hydrogen (secondary N) is 1. The Bertz CT molecular complexity index is 560. The van der Waals surface area contributed by atoms with Crippen LogP contribution < -0.4 is 5.32 Å². The molecule has 0 aliphatic heterocycles. The number of halogens is 5. The summed E-state index contributed by atoms with van der Waals surface area (Å²) < 4.78 is 50.0. The Morgan fingerprint density at radius 1 is 1.39 bits per heavy atom. The van der Waals surface area contributed by atoms with Crippen molar-refractivity contribution < 1.29 is 17.6 Å². The lowest BCUT2D eigenvalue weighted by Gasteiger charge is -2.16. The molecule has 0 radical (unpaired) electrons. The summed E-state index contributed by atoms with van der Waals surface area (Å²) in [5, 5.41) is 3.72. The van der Waals surface area contributed by atoms with Gasteiger partial charge in [0.1, 0.15) is 5.82 Å². The largest absolute Gasteiger partial charge is 0.362 e. The maximum atomic E-state index is 12.8. The van der Waals surface area contributed by atoms with Gasteiger partial charge in [0.15, 0.2) is 0 Å². The fourth-order valence-electron chi connectivity index (χ4n) is 1.23. The van der Waals surface area contributed by atoms with Crippen molar-refractivity contribution in [1.29, 1.82) is 0 Å². The number of hydrogen-bond acceptors (Lipinski definition) is 4. The van der Waals surface area contributed by atoms with Gasteiger partial charge in [-0.3, -0.25) is 0 Å². The summed E-state index contributed by atoms with van der Waals surface area (Å²) in [5.74, 6) is -4.10. The van der Waals surface area contributed by atoms with Gasteiger partial charge in [0, 0.05) is 0 Å². The molecule has 0 amide bonds. The molecule has 0 aromatic carbocycles. The van der Waals surface area contributed by atoms with Crippen molar-refractivity contribution >= 4 is 39.0 Å². The molecule has 9 heteroatoms. The number of nitrogens with zero attached hydrogens (tertiary/aromatic N) is 2. The number of anilines is 1. The molecule has 1 N–H and O–H groups in total. The highest BCUT2D eigenvalue weighted by molar-refractivity contribution is 7.17. The van der Waals surface area contributed by atoms with Gasteiger partial charge in [0.2, 0.25) is 5.28 Å². The lowest BCUT2D eigenvalue weighted by atomic mass is 10.3. The molecule has 0 spiro atoms. The van der Waals surface area contributed by atoms with E-state index in [-0.39, 0.29) is 11.1 Å². The van der Waals surface area contributed by atoms with Crippen LogP contribution in [0.5, 0.6) is 0 Å². The first kappa shape index (κ1) is 13.3. The first-order valence-electron chi connectivity index (χ1n) is 4.71. The summed E-state index contributed by atoms with van der Waals surface area (Å²) >= 11 is 6.80. The van der Waals surface area contributed by atoms with Crippen LogP contribution in [0.4, 0.5) is 23.4 Å². The summed E-state index contributed by atoms with van der Waals surface area (Å²) in [4.78, 5) is 7.58. The zero-order valence-electron chi connectivity index (χ0n) is 8.63. The summed E-state index contributed by atoms with van der Waals surface area (Å²) in [7, 11) is 0. The fourth-order valence-corrected chi connectivity index (χ4v) is 2.21. The van der Waals surface area contributed by atoms with Gasteiger partial charge < -0.3 is 5.32 Å². The third kappa shape index (κ3) is 2.64. The van der Waals surface area contributed by atoms with E-state index in [1.54, 1.807) is 11.4 Å². The SMILES string of the molecule is FC(F)C(F)(F)CNc1nc(Cl)nc2ccsc12. The molecule has 0 aliphatic carbocycles. The number of thiophene rings is 1. The normalized spacial score (nSPS) is 12.3. The Balaban J connectivity index is 2.24. The molecule has 0 saturated carbocycles. The van der Waals surface area contributed by atoms with Gasteiger partial charge in [-0.05, 0) is 23.0 Å². The zero-order valence-corrected chi connectivity index (χ0v) is 10.2. The standard InChI is InChI=1S/C9H6ClF4N3S/c10-8-16-4-1-2-18-5(4)6(17-8)15-3-9(13,14)7(11)12/h1-2,7H,3H2,(H,15,16,17). The molecule has 2 rings (SSSR count). The van der Waals surface area contributed by atoms with E-state index in [0.29, 0.717) is 10.2 Å². The Labute approximate surface area is 108 Å². The third-order valence-corrected chi connectivity index (χ3v) is 3.17. The molecule has 98 valence electrons. The molecular weight excluding hydrogens is 294 g/mol. The minimum absolute atomic E-state index is 0.0281. The average Bonchev–Trinajstić information content (AvgIpc) is 2.73. The predicted molar refractivity (Wildman–Crippen MR) is 61.9 cm³/mol. The van der Waals surface area contributed by atoms with E-state index >= 15 is 0 Å². The van der Waals surface area contributed by atoms with Crippen LogP contribution in [0.3, 0.4) is 0 Å². The second-order valence-corrected chi connectivity index (χ2v) is 4.65. The van der Waals surface area contributed by atoms with Gasteiger partial charge in [0.25, 0.3) is 0 Å². The summed E-state index contributed by atoms with van der Waals surface area (Å²) in [5.41, 5.74) is 0.475. The van der Waals surface area contributed by atoms with Crippen LogP contribution in [-0.4, -0.2) is 28.9 Å². The van der Waals surface area contributed by atoms with Crippen LogP contribution in [0.1, 0.15) is 0 Å². The van der Waals surface area contributed by atoms with Crippen LogP contribution in [0.15, 0.2) is 11.4 Å². The molecule has 0 saturated heterocycles. The van der Waals surface area contributed by atoms with Gasteiger partial charge >= 0.3 is 12.3 Å². The maximum Gasteiger partial charge on any atom is 0.324 e. The van der Waals surface area contributed by atoms with E-state index in [9.17, 15) is 17.6 Å². The van der Waals surface area contributed by atoms with Crippen LogP contribution in [0.2, 0.25) is 5.28 Å². The van der Waals surface area contributed by atoms with E-state index in [0.717, 1.165) is 0 Å². The molecule has 3 nitrogen and oxygen atoms in total. The maximum absolute atomic E-state index is 12.8. The van der Waals surface area contributed by atoms with Gasteiger partial charge in [-0.1, -0.05) is 0 Å². The summed E-state index contributed by atoms with van der Waals surface area (Å²) in [6.45, 7) is -1.22. The summed E-state index contributed by atoms with van der Waals surface area (Å²) in [6, 6.07) is 1.63. The van der Waals surface area contributed by atoms with Crippen molar-refractivity contribution in [2.24, 2.45) is 0 Å². The van der Waals surface area contributed by atoms with Gasteiger partial charge in [0.05, 0.1) is 16.8 Å². The molecule has 18 heavy (non-hydrogen) atoms. The van der Waals surface area contributed by atoms with Crippen LogP contribution in [0, 0.1) is 0 Å². The van der Waals surface area contributed by atoms with Crippen molar-refractivity contribution in [3.8, 4) is 0 Å². The smallest absolute Gasteiger partial charge is 0.324 e. The van der Waals surface area contributed by atoms with E-state index < -0.39 is 18.9 Å². The Kier molecular flexibility index (Phi) is 3.58. The third-order valence-electron chi connectivity index (χ3n) is 2.09. The minimum Gasteiger partial charge on any atom is -0.362 e. The molecule has 2 aromatic rings. The summed E-state index contributed by atoms with van der Waals surface area (Å²) in [6.07, 6.45) is -3.74.